The molecule has 0 saturated heterocycles. The molecule has 1 rings (SSSR count). The standard InChI is InChI=1S/C8H16N2O3S/c1-10(5-6-14(2,12)13)7(11)8(9)3-4-8/h3-6,9H2,1-2H3. The number of rotatable bonds is 4. The summed E-state index contributed by atoms with van der Waals surface area (Å²) in [5.74, 6) is -0.160. The molecular weight excluding hydrogens is 204 g/mol. The Labute approximate surface area is 84.2 Å². The highest BCUT2D eigenvalue weighted by molar-refractivity contribution is 7.90. The minimum absolute atomic E-state index is 0.00861. The van der Waals surface area contributed by atoms with E-state index in [-0.39, 0.29) is 18.2 Å². The van der Waals surface area contributed by atoms with Crippen molar-refractivity contribution in [1.82, 2.24) is 4.90 Å². The molecule has 1 aliphatic carbocycles. The van der Waals surface area contributed by atoms with Crippen molar-refractivity contribution in [3.8, 4) is 0 Å². The summed E-state index contributed by atoms with van der Waals surface area (Å²) in [7, 11) is -1.43. The number of nitrogens with two attached hydrogens (primary N) is 1. The van der Waals surface area contributed by atoms with Crippen LogP contribution in [0, 0.1) is 0 Å². The van der Waals surface area contributed by atoms with Crippen molar-refractivity contribution in [2.24, 2.45) is 5.73 Å². The van der Waals surface area contributed by atoms with Gasteiger partial charge in [-0.1, -0.05) is 0 Å². The van der Waals surface area contributed by atoms with Crippen LogP contribution in [-0.2, 0) is 14.6 Å². The van der Waals surface area contributed by atoms with E-state index in [9.17, 15) is 13.2 Å². The molecule has 5 nitrogen and oxygen atoms in total. The number of likely N-dealkylation sites (N-methyl/N-ethyl adjacent to an activating group) is 1. The lowest BCUT2D eigenvalue weighted by Crippen LogP contribution is -2.45. The van der Waals surface area contributed by atoms with Crippen molar-refractivity contribution < 1.29 is 13.2 Å². The smallest absolute Gasteiger partial charge is 0.242 e. The summed E-state index contributed by atoms with van der Waals surface area (Å²) in [5.41, 5.74) is 4.99. The molecule has 0 aromatic carbocycles. The first-order valence-electron chi connectivity index (χ1n) is 4.47. The zero-order chi connectivity index (χ0) is 11.0. The Morgan fingerprint density at radius 2 is 2.00 bits per heavy atom. The highest BCUT2D eigenvalue weighted by Crippen LogP contribution is 2.33. The van der Waals surface area contributed by atoms with E-state index in [2.05, 4.69) is 0 Å². The Morgan fingerprint density at radius 3 is 2.36 bits per heavy atom. The lowest BCUT2D eigenvalue weighted by molar-refractivity contribution is -0.132. The van der Waals surface area contributed by atoms with E-state index in [1.54, 1.807) is 7.05 Å². The monoisotopic (exact) mass is 220 g/mol. The van der Waals surface area contributed by atoms with E-state index >= 15 is 0 Å². The van der Waals surface area contributed by atoms with Crippen LogP contribution in [0.15, 0.2) is 0 Å². The first-order chi connectivity index (χ1) is 6.25. The second-order valence-electron chi connectivity index (χ2n) is 4.01. The highest BCUT2D eigenvalue weighted by atomic mass is 32.2. The summed E-state index contributed by atoms with van der Waals surface area (Å²) >= 11 is 0. The van der Waals surface area contributed by atoms with Gasteiger partial charge in [0.1, 0.15) is 9.84 Å². The molecule has 1 fully saturated rings. The molecule has 1 aliphatic rings. The molecule has 0 aromatic heterocycles. The minimum atomic E-state index is -3.01. The van der Waals surface area contributed by atoms with Gasteiger partial charge < -0.3 is 10.6 Å². The number of amides is 1. The fourth-order valence-corrected chi connectivity index (χ4v) is 1.74. The average molecular weight is 220 g/mol. The van der Waals surface area contributed by atoms with Crippen LogP contribution in [0.25, 0.3) is 0 Å². The zero-order valence-electron chi connectivity index (χ0n) is 8.49. The van der Waals surface area contributed by atoms with E-state index < -0.39 is 15.4 Å². The summed E-state index contributed by atoms with van der Waals surface area (Å²) in [4.78, 5) is 12.9. The second kappa shape index (κ2) is 3.51. The van der Waals surface area contributed by atoms with Crippen LogP contribution >= 0.6 is 0 Å². The average Bonchev–Trinajstić information content (AvgIpc) is 2.78. The van der Waals surface area contributed by atoms with Gasteiger partial charge in [-0.2, -0.15) is 0 Å². The van der Waals surface area contributed by atoms with Gasteiger partial charge in [0, 0.05) is 19.8 Å². The summed E-state index contributed by atoms with van der Waals surface area (Å²) < 4.78 is 21.7. The number of sulfone groups is 1. The zero-order valence-corrected chi connectivity index (χ0v) is 9.30. The summed E-state index contributed by atoms with van der Waals surface area (Å²) in [6, 6.07) is 0. The molecule has 1 saturated carbocycles. The van der Waals surface area contributed by atoms with Crippen LogP contribution in [-0.4, -0.2) is 50.4 Å². The molecule has 0 aromatic rings. The largest absolute Gasteiger partial charge is 0.343 e. The van der Waals surface area contributed by atoms with Crippen molar-refractivity contribution in [3.05, 3.63) is 0 Å². The van der Waals surface area contributed by atoms with Crippen LogP contribution in [0.4, 0.5) is 0 Å². The Bertz CT molecular complexity index is 332. The lowest BCUT2D eigenvalue weighted by atomic mass is 10.2. The van der Waals surface area contributed by atoms with Crippen LogP contribution in [0.5, 0.6) is 0 Å². The number of carbonyl (C=O) groups is 1. The molecule has 1 amide bonds. The predicted octanol–water partition coefficient (Wildman–Crippen LogP) is -1.02. The molecule has 0 spiro atoms. The quantitative estimate of drug-likeness (QED) is 0.657. The van der Waals surface area contributed by atoms with Crippen molar-refractivity contribution in [2.75, 3.05) is 25.6 Å². The molecule has 82 valence electrons. The fraction of sp³-hybridized carbons (Fsp3) is 0.875. The molecule has 0 unspecified atom stereocenters. The van der Waals surface area contributed by atoms with Crippen LogP contribution in [0.3, 0.4) is 0 Å². The van der Waals surface area contributed by atoms with E-state index in [0.717, 1.165) is 6.26 Å². The van der Waals surface area contributed by atoms with Gasteiger partial charge in [-0.3, -0.25) is 4.79 Å². The summed E-state index contributed by atoms with van der Waals surface area (Å²) in [6.45, 7) is 0.219. The topological polar surface area (TPSA) is 80.5 Å². The molecule has 0 aliphatic heterocycles. The van der Waals surface area contributed by atoms with Gasteiger partial charge in [-0.15, -0.1) is 0 Å². The van der Waals surface area contributed by atoms with Crippen molar-refractivity contribution in [2.45, 2.75) is 18.4 Å². The van der Waals surface area contributed by atoms with E-state index in [1.165, 1.54) is 4.90 Å². The molecule has 0 bridgehead atoms. The van der Waals surface area contributed by atoms with Gasteiger partial charge in [0.25, 0.3) is 0 Å². The Morgan fingerprint density at radius 1 is 1.50 bits per heavy atom. The summed E-state index contributed by atoms with van der Waals surface area (Å²) in [5, 5.41) is 0. The van der Waals surface area contributed by atoms with Gasteiger partial charge in [0.15, 0.2) is 0 Å². The van der Waals surface area contributed by atoms with Gasteiger partial charge in [-0.05, 0) is 12.8 Å². The maximum absolute atomic E-state index is 11.6. The number of carbonyl (C=O) groups excluding carboxylic acids is 1. The third-order valence-corrected chi connectivity index (χ3v) is 3.28. The van der Waals surface area contributed by atoms with Crippen LogP contribution in [0.1, 0.15) is 12.8 Å². The van der Waals surface area contributed by atoms with Gasteiger partial charge in [0.05, 0.1) is 11.3 Å². The molecule has 14 heavy (non-hydrogen) atoms. The SMILES string of the molecule is CN(CCS(C)(=O)=O)C(=O)C1(N)CC1. The van der Waals surface area contributed by atoms with Crippen molar-refractivity contribution in [1.29, 1.82) is 0 Å². The van der Waals surface area contributed by atoms with E-state index in [4.69, 9.17) is 5.73 Å². The summed E-state index contributed by atoms with van der Waals surface area (Å²) in [6.07, 6.45) is 2.56. The van der Waals surface area contributed by atoms with E-state index in [0.29, 0.717) is 12.8 Å². The Kier molecular flexibility index (Phi) is 2.87. The van der Waals surface area contributed by atoms with E-state index in [1.807, 2.05) is 0 Å². The number of hydrogen-bond acceptors (Lipinski definition) is 4. The Balaban J connectivity index is 2.43. The van der Waals surface area contributed by atoms with Crippen molar-refractivity contribution in [3.63, 3.8) is 0 Å². The first-order valence-corrected chi connectivity index (χ1v) is 6.53. The van der Waals surface area contributed by atoms with Crippen LogP contribution in [0.2, 0.25) is 0 Å². The molecule has 2 N–H and O–H groups in total. The van der Waals surface area contributed by atoms with Gasteiger partial charge in [0.2, 0.25) is 5.91 Å². The minimum Gasteiger partial charge on any atom is -0.343 e. The third kappa shape index (κ3) is 2.95. The van der Waals surface area contributed by atoms with Crippen LogP contribution < -0.4 is 5.73 Å². The molecule has 0 radical (unpaired) electrons. The fourth-order valence-electron chi connectivity index (χ4n) is 1.13. The molecule has 0 atom stereocenters. The second-order valence-corrected chi connectivity index (χ2v) is 6.27. The molecule has 0 heterocycles. The van der Waals surface area contributed by atoms with Gasteiger partial charge in [-0.25, -0.2) is 8.42 Å². The lowest BCUT2D eigenvalue weighted by Gasteiger charge is -2.20. The Hall–Kier alpha value is -0.620. The maximum atomic E-state index is 11.6. The molecule has 6 heteroatoms. The van der Waals surface area contributed by atoms with Gasteiger partial charge >= 0.3 is 0 Å². The first kappa shape index (κ1) is 11.5. The maximum Gasteiger partial charge on any atom is 0.242 e. The third-order valence-electron chi connectivity index (χ3n) is 2.36. The normalized spacial score (nSPS) is 19.1. The highest BCUT2D eigenvalue weighted by Gasteiger charge is 2.47. The number of nitrogens with zero attached hydrogens (tertiary/aromatic N) is 1. The molecular formula is C8H16N2O3S. The van der Waals surface area contributed by atoms with Crippen molar-refractivity contribution >= 4 is 15.7 Å². The number of hydrogen-bond donors (Lipinski definition) is 1. The predicted molar refractivity (Wildman–Crippen MR) is 53.5 cm³/mol.